The van der Waals surface area contributed by atoms with Gasteiger partial charge in [-0.3, -0.25) is 4.79 Å². The molecule has 0 bridgehead atoms. The summed E-state index contributed by atoms with van der Waals surface area (Å²) in [5.41, 5.74) is 4.68. The van der Waals surface area contributed by atoms with Crippen LogP contribution in [0.2, 0.25) is 18.1 Å². The molecule has 7 heteroatoms. The van der Waals surface area contributed by atoms with Crippen LogP contribution in [-0.2, 0) is 14.0 Å². The van der Waals surface area contributed by atoms with E-state index in [2.05, 4.69) is 39.2 Å². The number of amides is 2. The van der Waals surface area contributed by atoms with E-state index in [1.165, 1.54) is 0 Å². The van der Waals surface area contributed by atoms with E-state index in [1.54, 1.807) is 20.8 Å². The zero-order valence-corrected chi connectivity index (χ0v) is 15.5. The molecule has 0 saturated carbocycles. The van der Waals surface area contributed by atoms with Crippen LogP contribution in [0.1, 0.15) is 41.5 Å². The molecule has 0 spiro atoms. The van der Waals surface area contributed by atoms with Gasteiger partial charge in [-0.25, -0.2) is 4.79 Å². The summed E-state index contributed by atoms with van der Waals surface area (Å²) in [4.78, 5) is 23.2. The molecule has 1 atom stereocenters. The molecular formula is C14H30N2O4Si. The summed E-state index contributed by atoms with van der Waals surface area (Å²) in [6.45, 7) is 15.7. The SMILES string of the molecule is CC(C)(C)OC(=O)N[C@@H](CO[Si](C)(C)C(C)(C)C)C(N)=O. The number of ether oxygens (including phenoxy) is 1. The highest BCUT2D eigenvalue weighted by molar-refractivity contribution is 6.74. The second kappa shape index (κ2) is 6.78. The fourth-order valence-electron chi connectivity index (χ4n) is 1.15. The highest BCUT2D eigenvalue weighted by atomic mass is 28.4. The fourth-order valence-corrected chi connectivity index (χ4v) is 2.17. The number of carbonyl (C=O) groups excluding carboxylic acids is 2. The van der Waals surface area contributed by atoms with E-state index >= 15 is 0 Å². The van der Waals surface area contributed by atoms with E-state index < -0.39 is 32.0 Å². The quantitative estimate of drug-likeness (QED) is 0.761. The summed E-state index contributed by atoms with van der Waals surface area (Å²) < 4.78 is 11.0. The number of primary amides is 1. The minimum atomic E-state index is -2.01. The van der Waals surface area contributed by atoms with Crippen LogP contribution >= 0.6 is 0 Å². The maximum Gasteiger partial charge on any atom is 0.408 e. The van der Waals surface area contributed by atoms with Crippen molar-refractivity contribution in [2.45, 2.75) is 71.3 Å². The summed E-state index contributed by atoms with van der Waals surface area (Å²) >= 11 is 0. The van der Waals surface area contributed by atoms with Crippen molar-refractivity contribution in [2.75, 3.05) is 6.61 Å². The first kappa shape index (κ1) is 19.9. The summed E-state index contributed by atoms with van der Waals surface area (Å²) in [6, 6.07) is -0.894. The van der Waals surface area contributed by atoms with Crippen LogP contribution in [0, 0.1) is 0 Å². The summed E-state index contributed by atoms with van der Waals surface area (Å²) in [7, 11) is -2.01. The van der Waals surface area contributed by atoms with Crippen molar-refractivity contribution in [1.29, 1.82) is 0 Å². The predicted molar refractivity (Wildman–Crippen MR) is 85.5 cm³/mol. The van der Waals surface area contributed by atoms with Crippen molar-refractivity contribution in [3.8, 4) is 0 Å². The maximum atomic E-state index is 11.7. The number of hydrogen-bond acceptors (Lipinski definition) is 4. The predicted octanol–water partition coefficient (Wildman–Crippen LogP) is 2.39. The van der Waals surface area contributed by atoms with E-state index in [9.17, 15) is 9.59 Å². The average molecular weight is 318 g/mol. The van der Waals surface area contributed by atoms with Crippen LogP contribution in [0.3, 0.4) is 0 Å². The van der Waals surface area contributed by atoms with E-state index in [1.807, 2.05) is 0 Å². The van der Waals surface area contributed by atoms with Gasteiger partial charge in [0.15, 0.2) is 8.32 Å². The lowest BCUT2D eigenvalue weighted by Gasteiger charge is -2.37. The third kappa shape index (κ3) is 7.47. The Morgan fingerprint density at radius 1 is 1.14 bits per heavy atom. The van der Waals surface area contributed by atoms with Crippen LogP contribution in [0.5, 0.6) is 0 Å². The van der Waals surface area contributed by atoms with Crippen molar-refractivity contribution in [2.24, 2.45) is 5.73 Å². The number of alkyl carbamates (subject to hydrolysis) is 1. The third-order valence-electron chi connectivity index (χ3n) is 3.45. The molecule has 2 amide bonds. The zero-order valence-electron chi connectivity index (χ0n) is 14.5. The Labute approximate surface area is 128 Å². The first-order chi connectivity index (χ1) is 9.16. The monoisotopic (exact) mass is 318 g/mol. The first-order valence-corrected chi connectivity index (χ1v) is 9.99. The second-order valence-corrected chi connectivity index (χ2v) is 12.5. The smallest absolute Gasteiger partial charge is 0.408 e. The Hall–Kier alpha value is -1.08. The minimum absolute atomic E-state index is 0.0150. The molecule has 0 saturated heterocycles. The minimum Gasteiger partial charge on any atom is -0.444 e. The molecule has 0 aliphatic heterocycles. The molecule has 0 aliphatic rings. The normalized spacial score (nSPS) is 14.5. The molecule has 0 fully saturated rings. The largest absolute Gasteiger partial charge is 0.444 e. The lowest BCUT2D eigenvalue weighted by Crippen LogP contribution is -2.52. The van der Waals surface area contributed by atoms with Gasteiger partial charge in [0, 0.05) is 0 Å². The molecule has 0 aliphatic carbocycles. The maximum absolute atomic E-state index is 11.7. The molecule has 124 valence electrons. The topological polar surface area (TPSA) is 90.7 Å². The fraction of sp³-hybridized carbons (Fsp3) is 0.857. The molecule has 0 unspecified atom stereocenters. The zero-order chi connectivity index (χ0) is 17.1. The van der Waals surface area contributed by atoms with Gasteiger partial charge in [-0.2, -0.15) is 0 Å². The van der Waals surface area contributed by atoms with E-state index in [0.717, 1.165) is 0 Å². The van der Waals surface area contributed by atoms with Gasteiger partial charge in [0.2, 0.25) is 5.91 Å². The Kier molecular flexibility index (Phi) is 6.43. The molecule has 6 nitrogen and oxygen atoms in total. The molecule has 0 radical (unpaired) electrons. The summed E-state index contributed by atoms with van der Waals surface area (Å²) in [6.07, 6.45) is -0.676. The molecule has 0 aromatic heterocycles. The third-order valence-corrected chi connectivity index (χ3v) is 7.95. The highest BCUT2D eigenvalue weighted by Gasteiger charge is 2.38. The Morgan fingerprint density at radius 2 is 1.62 bits per heavy atom. The lowest BCUT2D eigenvalue weighted by atomic mass is 10.2. The van der Waals surface area contributed by atoms with Crippen molar-refractivity contribution in [3.63, 3.8) is 0 Å². The molecule has 0 aromatic rings. The number of nitrogens with two attached hydrogens (primary N) is 1. The number of hydrogen-bond donors (Lipinski definition) is 2. The standard InChI is InChI=1S/C14H30N2O4Si/c1-13(2,3)20-12(18)16-10(11(15)17)9-19-21(7,8)14(4,5)6/h10H,9H2,1-8H3,(H2,15,17)(H,16,18)/t10-/m0/s1. The van der Waals surface area contributed by atoms with Gasteiger partial charge in [-0.15, -0.1) is 0 Å². The van der Waals surface area contributed by atoms with E-state index in [0.29, 0.717) is 0 Å². The number of rotatable bonds is 5. The Balaban J connectivity index is 4.67. The molecule has 0 aromatic carbocycles. The van der Waals surface area contributed by atoms with Gasteiger partial charge in [-0.1, -0.05) is 20.8 Å². The van der Waals surface area contributed by atoms with Crippen LogP contribution in [0.4, 0.5) is 4.79 Å². The first-order valence-electron chi connectivity index (χ1n) is 7.08. The van der Waals surface area contributed by atoms with E-state index in [-0.39, 0.29) is 11.6 Å². The van der Waals surface area contributed by atoms with Gasteiger partial charge in [0.25, 0.3) is 0 Å². The summed E-state index contributed by atoms with van der Waals surface area (Å²) in [5.74, 6) is -0.639. The Bertz CT molecular complexity index is 383. The van der Waals surface area contributed by atoms with E-state index in [4.69, 9.17) is 14.9 Å². The summed E-state index contributed by atoms with van der Waals surface area (Å²) in [5, 5.41) is 2.47. The van der Waals surface area contributed by atoms with Gasteiger partial charge < -0.3 is 20.2 Å². The van der Waals surface area contributed by atoms with Crippen molar-refractivity contribution >= 4 is 20.3 Å². The van der Waals surface area contributed by atoms with Gasteiger partial charge in [0.1, 0.15) is 11.6 Å². The van der Waals surface area contributed by atoms with Crippen LogP contribution < -0.4 is 11.1 Å². The Morgan fingerprint density at radius 3 is 1.95 bits per heavy atom. The van der Waals surface area contributed by atoms with Gasteiger partial charge in [0.05, 0.1) is 6.61 Å². The molecule has 21 heavy (non-hydrogen) atoms. The van der Waals surface area contributed by atoms with Crippen molar-refractivity contribution in [3.05, 3.63) is 0 Å². The second-order valence-electron chi connectivity index (χ2n) is 7.67. The average Bonchev–Trinajstić information content (AvgIpc) is 2.19. The van der Waals surface area contributed by atoms with Crippen molar-refractivity contribution in [1.82, 2.24) is 5.32 Å². The van der Waals surface area contributed by atoms with Crippen LogP contribution in [0.15, 0.2) is 0 Å². The molecule has 0 rings (SSSR count). The lowest BCUT2D eigenvalue weighted by molar-refractivity contribution is -0.120. The van der Waals surface area contributed by atoms with Crippen molar-refractivity contribution < 1.29 is 18.8 Å². The molecular weight excluding hydrogens is 288 g/mol. The van der Waals surface area contributed by atoms with Gasteiger partial charge >= 0.3 is 6.09 Å². The molecule has 3 N–H and O–H groups in total. The highest BCUT2D eigenvalue weighted by Crippen LogP contribution is 2.36. The van der Waals surface area contributed by atoms with Crippen LogP contribution in [-0.4, -0.2) is 38.6 Å². The van der Waals surface area contributed by atoms with Crippen LogP contribution in [0.25, 0.3) is 0 Å². The van der Waals surface area contributed by atoms with Gasteiger partial charge in [-0.05, 0) is 38.9 Å². The number of nitrogens with one attached hydrogen (secondary N) is 1. The number of carbonyl (C=O) groups is 2. The molecule has 0 heterocycles.